The van der Waals surface area contributed by atoms with Crippen LogP contribution in [0.3, 0.4) is 0 Å². The number of benzene rings is 2. The number of carbonyl (C=O) groups excluding carboxylic acids is 1. The van der Waals surface area contributed by atoms with E-state index < -0.39 is 0 Å². The first kappa shape index (κ1) is 21.0. The van der Waals surface area contributed by atoms with E-state index in [1.165, 1.54) is 4.52 Å². The van der Waals surface area contributed by atoms with Crippen molar-refractivity contribution >= 4 is 33.8 Å². The third-order valence-electron chi connectivity index (χ3n) is 5.31. The number of nitrogens with zero attached hydrogens (tertiary/aromatic N) is 3. The highest BCUT2D eigenvalue weighted by Gasteiger charge is 2.22. The number of ether oxygens (including phenoxy) is 1. The number of hydrogen-bond acceptors (Lipinski definition) is 4. The molecule has 0 atom stereocenters. The molecule has 0 aliphatic carbocycles. The molecule has 0 aliphatic heterocycles. The molecule has 2 aromatic carbocycles. The largest absolute Gasteiger partial charge is 0.383 e. The molecule has 2 aromatic heterocycles. The Morgan fingerprint density at radius 2 is 1.94 bits per heavy atom. The van der Waals surface area contributed by atoms with Crippen LogP contribution >= 0.6 is 11.6 Å². The molecular weight excluding hydrogens is 414 g/mol. The second-order valence-corrected chi connectivity index (χ2v) is 7.59. The lowest BCUT2D eigenvalue weighted by molar-refractivity contribution is 0.0708. The van der Waals surface area contributed by atoms with Crippen LogP contribution in [0.15, 0.2) is 65.6 Å². The number of amides is 1. The van der Waals surface area contributed by atoms with Gasteiger partial charge in [-0.3, -0.25) is 9.59 Å². The minimum Gasteiger partial charge on any atom is -0.383 e. The monoisotopic (exact) mass is 435 g/mol. The lowest BCUT2D eigenvalue weighted by Gasteiger charge is -2.22. The van der Waals surface area contributed by atoms with Crippen molar-refractivity contribution in [1.29, 1.82) is 0 Å². The number of halogens is 1. The summed E-state index contributed by atoms with van der Waals surface area (Å²) in [4.78, 5) is 28.7. The normalized spacial score (nSPS) is 11.2. The van der Waals surface area contributed by atoms with Crippen molar-refractivity contribution in [3.8, 4) is 11.1 Å². The summed E-state index contributed by atoms with van der Waals surface area (Å²) in [5.41, 5.74) is 1.70. The standard InChI is InChI=1S/C24H22ClN3O3/c1-3-27(11-12-31-2)23(29)21-14-20(16-7-5-4-6-8-16)24(30)28-22(21)19-13-18(25)10-9-17(19)15-26-28/h4-10,13-15H,3,11-12H2,1-2H3. The maximum atomic E-state index is 13.6. The topological polar surface area (TPSA) is 63.9 Å². The Labute approximate surface area is 184 Å². The second kappa shape index (κ2) is 8.88. The van der Waals surface area contributed by atoms with Gasteiger partial charge in [-0.05, 0) is 30.7 Å². The first-order valence-electron chi connectivity index (χ1n) is 10.0. The zero-order chi connectivity index (χ0) is 22.0. The van der Waals surface area contributed by atoms with Crippen LogP contribution in [0.25, 0.3) is 27.4 Å². The van der Waals surface area contributed by atoms with Gasteiger partial charge in [-0.15, -0.1) is 0 Å². The van der Waals surface area contributed by atoms with Gasteiger partial charge in [0.05, 0.1) is 23.9 Å². The zero-order valence-corrected chi connectivity index (χ0v) is 18.1. The van der Waals surface area contributed by atoms with E-state index in [1.807, 2.05) is 43.3 Å². The molecule has 0 aliphatic rings. The average molecular weight is 436 g/mol. The number of aromatic nitrogens is 2. The lowest BCUT2D eigenvalue weighted by atomic mass is 10.0. The van der Waals surface area contributed by atoms with Crippen LogP contribution < -0.4 is 5.56 Å². The smallest absolute Gasteiger partial charge is 0.279 e. The molecule has 0 spiro atoms. The van der Waals surface area contributed by atoms with Crippen molar-refractivity contribution in [3.63, 3.8) is 0 Å². The van der Waals surface area contributed by atoms with Gasteiger partial charge in [0.15, 0.2) is 0 Å². The molecule has 0 fully saturated rings. The van der Waals surface area contributed by atoms with E-state index >= 15 is 0 Å². The molecule has 0 N–H and O–H groups in total. The van der Waals surface area contributed by atoms with Crippen molar-refractivity contribution in [1.82, 2.24) is 14.5 Å². The molecule has 31 heavy (non-hydrogen) atoms. The van der Waals surface area contributed by atoms with Crippen LogP contribution in [-0.2, 0) is 4.74 Å². The summed E-state index contributed by atoms with van der Waals surface area (Å²) in [6, 6.07) is 16.3. The number of carbonyl (C=O) groups is 1. The fraction of sp³-hybridized carbons (Fsp3) is 0.208. The fourth-order valence-corrected chi connectivity index (χ4v) is 3.87. The zero-order valence-electron chi connectivity index (χ0n) is 17.3. The van der Waals surface area contributed by atoms with E-state index in [0.29, 0.717) is 46.7 Å². The van der Waals surface area contributed by atoms with Gasteiger partial charge < -0.3 is 9.64 Å². The Kier molecular flexibility index (Phi) is 6.02. The Morgan fingerprint density at radius 3 is 2.65 bits per heavy atom. The van der Waals surface area contributed by atoms with Crippen LogP contribution in [0.5, 0.6) is 0 Å². The maximum absolute atomic E-state index is 13.6. The summed E-state index contributed by atoms with van der Waals surface area (Å²) in [7, 11) is 1.60. The Balaban J connectivity index is 2.07. The molecule has 1 amide bonds. The maximum Gasteiger partial charge on any atom is 0.279 e. The highest BCUT2D eigenvalue weighted by atomic mass is 35.5. The molecule has 6 nitrogen and oxygen atoms in total. The molecule has 158 valence electrons. The van der Waals surface area contributed by atoms with Gasteiger partial charge in [0.2, 0.25) is 0 Å². The quantitative estimate of drug-likeness (QED) is 0.424. The van der Waals surface area contributed by atoms with Crippen molar-refractivity contribution in [2.24, 2.45) is 0 Å². The lowest BCUT2D eigenvalue weighted by Crippen LogP contribution is -2.35. The van der Waals surface area contributed by atoms with Crippen molar-refractivity contribution in [2.45, 2.75) is 6.92 Å². The van der Waals surface area contributed by atoms with Crippen LogP contribution in [0.2, 0.25) is 5.02 Å². The number of methoxy groups -OCH3 is 1. The number of rotatable bonds is 6. The van der Waals surface area contributed by atoms with E-state index in [2.05, 4.69) is 5.10 Å². The highest BCUT2D eigenvalue weighted by Crippen LogP contribution is 2.28. The van der Waals surface area contributed by atoms with Gasteiger partial charge in [0.25, 0.3) is 11.5 Å². The Bertz CT molecular complexity index is 1320. The van der Waals surface area contributed by atoms with Gasteiger partial charge in [-0.25, -0.2) is 0 Å². The van der Waals surface area contributed by atoms with Crippen LogP contribution in [0, 0.1) is 0 Å². The van der Waals surface area contributed by atoms with E-state index in [0.717, 1.165) is 10.9 Å². The first-order chi connectivity index (χ1) is 15.0. The van der Waals surface area contributed by atoms with Crippen molar-refractivity contribution in [3.05, 3.63) is 81.7 Å². The number of pyridine rings is 1. The SMILES string of the molecule is CCN(CCOC)C(=O)c1cc(-c2ccccc2)c(=O)n2ncc3ccc(Cl)cc3c12. The molecular formula is C24H22ClN3O3. The Morgan fingerprint density at radius 1 is 1.16 bits per heavy atom. The van der Waals surface area contributed by atoms with E-state index in [4.69, 9.17) is 16.3 Å². The van der Waals surface area contributed by atoms with Crippen LogP contribution in [0.1, 0.15) is 17.3 Å². The van der Waals surface area contributed by atoms with Crippen molar-refractivity contribution < 1.29 is 9.53 Å². The summed E-state index contributed by atoms with van der Waals surface area (Å²) in [6.07, 6.45) is 1.62. The molecule has 0 radical (unpaired) electrons. The van der Waals surface area contributed by atoms with Gasteiger partial charge in [-0.2, -0.15) is 9.61 Å². The molecule has 0 bridgehead atoms. The number of fused-ring (bicyclic) bond motifs is 3. The number of hydrogen-bond donors (Lipinski definition) is 0. The van der Waals surface area contributed by atoms with E-state index in [9.17, 15) is 9.59 Å². The second-order valence-electron chi connectivity index (χ2n) is 7.16. The van der Waals surface area contributed by atoms with Crippen LogP contribution in [0.4, 0.5) is 0 Å². The summed E-state index contributed by atoms with van der Waals surface area (Å²) in [6.45, 7) is 3.28. The third-order valence-corrected chi connectivity index (χ3v) is 5.55. The summed E-state index contributed by atoms with van der Waals surface area (Å²) < 4.78 is 6.47. The van der Waals surface area contributed by atoms with E-state index in [-0.39, 0.29) is 11.5 Å². The van der Waals surface area contributed by atoms with Gasteiger partial charge in [-0.1, -0.05) is 48.0 Å². The fourth-order valence-electron chi connectivity index (χ4n) is 3.70. The minimum atomic E-state index is -0.292. The molecule has 0 saturated carbocycles. The van der Waals surface area contributed by atoms with Crippen LogP contribution in [-0.4, -0.2) is 47.2 Å². The third kappa shape index (κ3) is 3.92. The molecule has 4 rings (SSSR count). The van der Waals surface area contributed by atoms with Crippen molar-refractivity contribution in [2.75, 3.05) is 26.8 Å². The van der Waals surface area contributed by atoms with Gasteiger partial charge in [0.1, 0.15) is 0 Å². The summed E-state index contributed by atoms with van der Waals surface area (Å²) >= 11 is 6.26. The van der Waals surface area contributed by atoms with Gasteiger partial charge in [0, 0.05) is 41.6 Å². The average Bonchev–Trinajstić information content (AvgIpc) is 2.80. The molecule has 0 saturated heterocycles. The van der Waals surface area contributed by atoms with Gasteiger partial charge >= 0.3 is 0 Å². The molecule has 4 aromatic rings. The predicted molar refractivity (Wildman–Crippen MR) is 123 cm³/mol. The minimum absolute atomic E-state index is 0.191. The summed E-state index contributed by atoms with van der Waals surface area (Å²) in [5, 5.41) is 6.40. The molecule has 0 unspecified atom stereocenters. The summed E-state index contributed by atoms with van der Waals surface area (Å²) in [5.74, 6) is -0.191. The highest BCUT2D eigenvalue weighted by molar-refractivity contribution is 6.31. The first-order valence-corrected chi connectivity index (χ1v) is 10.4. The predicted octanol–water partition coefficient (Wildman–Crippen LogP) is 4.28. The Hall–Kier alpha value is -3.22. The number of likely N-dealkylation sites (N-methyl/N-ethyl adjacent to an activating group) is 1. The molecule has 7 heteroatoms. The van der Waals surface area contributed by atoms with E-state index in [1.54, 1.807) is 36.4 Å². The molecule has 2 heterocycles.